The van der Waals surface area contributed by atoms with Crippen molar-refractivity contribution < 1.29 is 39.0 Å². The van der Waals surface area contributed by atoms with E-state index in [9.17, 15) is 33.9 Å². The lowest BCUT2D eigenvalue weighted by molar-refractivity contribution is -0.141. The summed E-state index contributed by atoms with van der Waals surface area (Å²) >= 11 is 1.35. The van der Waals surface area contributed by atoms with E-state index in [0.29, 0.717) is 11.3 Å². The summed E-state index contributed by atoms with van der Waals surface area (Å²) in [6.07, 6.45) is -2.30. The Morgan fingerprint density at radius 3 is 2.00 bits per heavy atom. The number of anilines is 1. The Bertz CT molecular complexity index is 1870. The number of aliphatic hydroxyl groups excluding tert-OH is 1. The number of carboxylic acid groups (broad SMARTS) is 1. The highest BCUT2D eigenvalue weighted by atomic mass is 32.1. The number of carbonyl (C=O) groups excluding carboxylic acids is 5. The van der Waals surface area contributed by atoms with Gasteiger partial charge in [-0.2, -0.15) is 0 Å². The third kappa shape index (κ3) is 12.1. The van der Waals surface area contributed by atoms with Crippen LogP contribution in [0, 0.1) is 6.92 Å². The first kappa shape index (κ1) is 39.9. The van der Waals surface area contributed by atoms with Crippen molar-refractivity contribution in [2.45, 2.75) is 63.8 Å². The van der Waals surface area contributed by atoms with E-state index in [1.165, 1.54) is 18.3 Å². The molecule has 0 fully saturated rings. The number of nitrogens with one attached hydrogen (secondary N) is 5. The molecule has 5 unspecified atom stereocenters. The zero-order valence-electron chi connectivity index (χ0n) is 29.5. The quantitative estimate of drug-likeness (QED) is 0.0855. The lowest BCUT2D eigenvalue weighted by atomic mass is 9.90. The third-order valence-corrected chi connectivity index (χ3v) is 9.33. The monoisotopic (exact) mass is 741 g/mol. The lowest BCUT2D eigenvalue weighted by Crippen LogP contribution is -2.57. The van der Waals surface area contributed by atoms with Gasteiger partial charge in [0.2, 0.25) is 23.6 Å². The Balaban J connectivity index is 1.52. The van der Waals surface area contributed by atoms with Crippen LogP contribution < -0.4 is 26.6 Å². The molecule has 0 aliphatic rings. The van der Waals surface area contributed by atoms with Crippen molar-refractivity contribution in [2.75, 3.05) is 11.9 Å². The molecule has 0 spiro atoms. The highest BCUT2D eigenvalue weighted by molar-refractivity contribution is 7.09. The first-order chi connectivity index (χ1) is 25.3. The number of hydrogen-bond donors (Lipinski definition) is 7. The van der Waals surface area contributed by atoms with Gasteiger partial charge in [0, 0.05) is 22.9 Å². The number of carbonyl (C=O) groups is 6. The minimum Gasteiger partial charge on any atom is -0.480 e. The molecule has 7 N–H and O–H groups in total. The molecule has 3 aromatic carbocycles. The molecule has 53 heavy (non-hydrogen) atoms. The summed E-state index contributed by atoms with van der Waals surface area (Å²) in [5.41, 5.74) is 4.03. The summed E-state index contributed by atoms with van der Waals surface area (Å²) in [4.78, 5) is 77.7. The minimum atomic E-state index is -1.71. The summed E-state index contributed by atoms with van der Waals surface area (Å²) in [6.45, 7) is 4.34. The van der Waals surface area contributed by atoms with E-state index in [0.717, 1.165) is 21.6 Å². The van der Waals surface area contributed by atoms with Crippen molar-refractivity contribution in [1.82, 2.24) is 21.3 Å². The fraction of sp³-hybridized carbons (Fsp3) is 0.282. The van der Waals surface area contributed by atoms with Crippen molar-refractivity contribution >= 4 is 52.5 Å². The molecule has 0 radical (unpaired) electrons. The smallest absolute Gasteiger partial charge is 0.325 e. The Morgan fingerprint density at radius 2 is 1.38 bits per heavy atom. The molecule has 13 nitrogen and oxygen atoms in total. The molecule has 0 aliphatic heterocycles. The average molecular weight is 742 g/mol. The second-order valence-corrected chi connectivity index (χ2v) is 13.6. The van der Waals surface area contributed by atoms with Gasteiger partial charge in [-0.15, -0.1) is 11.3 Å². The normalized spacial score (nSPS) is 13.7. The molecule has 4 aromatic rings. The number of benzene rings is 3. The molecular weight excluding hydrogens is 699 g/mol. The van der Waals surface area contributed by atoms with Crippen LogP contribution in [0.3, 0.4) is 0 Å². The van der Waals surface area contributed by atoms with Crippen molar-refractivity contribution in [3.63, 3.8) is 0 Å². The molecule has 0 saturated carbocycles. The molecule has 4 rings (SSSR count). The molecule has 5 amide bonds. The predicted octanol–water partition coefficient (Wildman–Crippen LogP) is 3.13. The van der Waals surface area contributed by atoms with Gasteiger partial charge < -0.3 is 36.8 Å². The van der Waals surface area contributed by atoms with Gasteiger partial charge in [0.1, 0.15) is 24.2 Å². The molecular formula is C39H43N5O8S. The Labute approximate surface area is 311 Å². The molecule has 0 bridgehead atoms. The minimum absolute atomic E-state index is 0.0465. The Kier molecular flexibility index (Phi) is 14.4. The number of aliphatic carboxylic acids is 1. The second kappa shape index (κ2) is 19.1. The van der Waals surface area contributed by atoms with Gasteiger partial charge >= 0.3 is 5.97 Å². The fourth-order valence-electron chi connectivity index (χ4n) is 5.33. The van der Waals surface area contributed by atoms with Gasteiger partial charge in [-0.1, -0.05) is 85.3 Å². The molecule has 0 saturated heterocycles. The van der Waals surface area contributed by atoms with Crippen molar-refractivity contribution in [3.05, 3.63) is 112 Å². The molecule has 1 heterocycles. The van der Waals surface area contributed by atoms with E-state index in [-0.39, 0.29) is 6.42 Å². The summed E-state index contributed by atoms with van der Waals surface area (Å²) in [7, 11) is 0. The highest BCUT2D eigenvalue weighted by Crippen LogP contribution is 2.25. The van der Waals surface area contributed by atoms with Crippen molar-refractivity contribution in [3.8, 4) is 11.1 Å². The van der Waals surface area contributed by atoms with Crippen molar-refractivity contribution in [2.24, 2.45) is 0 Å². The van der Waals surface area contributed by atoms with Crippen molar-refractivity contribution in [1.29, 1.82) is 0 Å². The number of aryl methyl sites for hydroxylation is 1. The SMILES string of the molecule is Cc1ccc(NC(=O)C(O)CC(=O)NC(Cc2cccs2)C(=O)NC(C(=O)NCC(=O)NC(C)C(=O)O)C(C)c2ccc(-c3ccccc3)cc2)cc1. The van der Waals surface area contributed by atoms with Crippen LogP contribution in [0.1, 0.15) is 42.2 Å². The number of amides is 5. The van der Waals surface area contributed by atoms with Gasteiger partial charge in [-0.05, 0) is 54.1 Å². The molecule has 5 atom stereocenters. The van der Waals surface area contributed by atoms with E-state index >= 15 is 0 Å². The van der Waals surface area contributed by atoms with Gasteiger partial charge in [0.05, 0.1) is 13.0 Å². The third-order valence-electron chi connectivity index (χ3n) is 8.43. The van der Waals surface area contributed by atoms with E-state index in [1.54, 1.807) is 48.7 Å². The van der Waals surface area contributed by atoms with E-state index in [1.807, 2.05) is 61.5 Å². The van der Waals surface area contributed by atoms with Gasteiger partial charge in [0.15, 0.2) is 0 Å². The number of hydrogen-bond acceptors (Lipinski definition) is 8. The summed E-state index contributed by atoms with van der Waals surface area (Å²) < 4.78 is 0. The Morgan fingerprint density at radius 1 is 0.717 bits per heavy atom. The Hall–Kier alpha value is -5.86. The van der Waals surface area contributed by atoms with Crippen LogP contribution in [0.4, 0.5) is 5.69 Å². The fourth-order valence-corrected chi connectivity index (χ4v) is 6.08. The van der Waals surface area contributed by atoms with Crippen LogP contribution in [0.25, 0.3) is 11.1 Å². The van der Waals surface area contributed by atoms with Crippen LogP contribution in [-0.2, 0) is 35.2 Å². The maximum atomic E-state index is 14.0. The average Bonchev–Trinajstić information content (AvgIpc) is 3.66. The standard InChI is InChI=1S/C39H43N5O8S/c1-23-11-17-29(18-12-23)42-37(49)32(45)21-33(46)43-31(20-30-10-7-19-53-30)36(48)44-35(38(50)40-22-34(47)41-25(3)39(51)52)24(2)26-13-15-28(16-14-26)27-8-5-4-6-9-27/h4-19,24-25,31-32,35,45H,20-22H2,1-3H3,(H,40,50)(H,41,47)(H,42,49)(H,43,46)(H,44,48)(H,51,52). The van der Waals surface area contributed by atoms with E-state index < -0.39 is 78.6 Å². The van der Waals surface area contributed by atoms with E-state index in [4.69, 9.17) is 5.11 Å². The summed E-state index contributed by atoms with van der Waals surface area (Å²) in [6, 6.07) is 23.9. The van der Waals surface area contributed by atoms with Gasteiger partial charge in [-0.25, -0.2) is 0 Å². The number of rotatable bonds is 17. The zero-order valence-corrected chi connectivity index (χ0v) is 30.3. The van der Waals surface area contributed by atoms with E-state index in [2.05, 4.69) is 26.6 Å². The molecule has 0 aliphatic carbocycles. The predicted molar refractivity (Wildman–Crippen MR) is 201 cm³/mol. The van der Waals surface area contributed by atoms with Gasteiger partial charge in [0.25, 0.3) is 5.91 Å². The zero-order chi connectivity index (χ0) is 38.5. The highest BCUT2D eigenvalue weighted by Gasteiger charge is 2.33. The summed E-state index contributed by atoms with van der Waals surface area (Å²) in [5.74, 6) is -5.65. The molecule has 14 heteroatoms. The summed E-state index contributed by atoms with van der Waals surface area (Å²) in [5, 5.41) is 34.1. The van der Waals surface area contributed by atoms with Crippen LogP contribution in [0.5, 0.6) is 0 Å². The number of carboxylic acids is 1. The largest absolute Gasteiger partial charge is 0.480 e. The van der Waals surface area contributed by atoms with Crippen LogP contribution in [0.15, 0.2) is 96.4 Å². The van der Waals surface area contributed by atoms with Crippen LogP contribution in [-0.4, -0.2) is 76.5 Å². The number of thiophene rings is 1. The van der Waals surface area contributed by atoms with Crippen LogP contribution >= 0.6 is 11.3 Å². The number of aliphatic hydroxyl groups is 1. The lowest BCUT2D eigenvalue weighted by Gasteiger charge is -2.27. The maximum absolute atomic E-state index is 14.0. The second-order valence-electron chi connectivity index (χ2n) is 12.6. The van der Waals surface area contributed by atoms with Gasteiger partial charge in [-0.3, -0.25) is 28.8 Å². The first-order valence-corrected chi connectivity index (χ1v) is 17.8. The van der Waals surface area contributed by atoms with Crippen LogP contribution in [0.2, 0.25) is 0 Å². The topological polar surface area (TPSA) is 203 Å². The molecule has 278 valence electrons. The first-order valence-electron chi connectivity index (χ1n) is 16.9. The maximum Gasteiger partial charge on any atom is 0.325 e. The molecule has 1 aromatic heterocycles.